The first-order valence-electron chi connectivity index (χ1n) is 7.18. The Morgan fingerprint density at radius 1 is 1.17 bits per heavy atom. The van der Waals surface area contributed by atoms with E-state index in [1.54, 1.807) is 12.2 Å². The van der Waals surface area contributed by atoms with Gasteiger partial charge in [0, 0.05) is 18.8 Å². The Bertz CT molecular complexity index is 570. The second-order valence-corrected chi connectivity index (χ2v) is 4.58. The van der Waals surface area contributed by atoms with Gasteiger partial charge >= 0.3 is 18.1 Å². The van der Waals surface area contributed by atoms with Crippen LogP contribution in [0, 0.1) is 0 Å². The van der Waals surface area contributed by atoms with Crippen LogP contribution in [-0.2, 0) is 9.53 Å². The standard InChI is InChI=1S/C15H19F3N2O3/c1-4-20(5-2)12-8-7-10(19-14(22)15(16,17)18)9-11(12)13(21)23-6-3/h7-9H,4-6H2,1-3H3,(H,19,22). The lowest BCUT2D eigenvalue weighted by Gasteiger charge is -2.24. The Kier molecular flexibility index (Phi) is 6.41. The Morgan fingerprint density at radius 3 is 2.26 bits per heavy atom. The van der Waals surface area contributed by atoms with Crippen molar-refractivity contribution in [3.63, 3.8) is 0 Å². The second kappa shape index (κ2) is 7.85. The lowest BCUT2D eigenvalue weighted by Crippen LogP contribution is -2.30. The Labute approximate surface area is 132 Å². The van der Waals surface area contributed by atoms with Gasteiger partial charge < -0.3 is 15.0 Å². The number of anilines is 2. The number of carbonyl (C=O) groups excluding carboxylic acids is 2. The van der Waals surface area contributed by atoms with Gasteiger partial charge in [-0.3, -0.25) is 4.79 Å². The number of alkyl halides is 3. The molecule has 1 aromatic rings. The zero-order valence-corrected chi connectivity index (χ0v) is 13.2. The number of ether oxygens (including phenoxy) is 1. The van der Waals surface area contributed by atoms with Crippen LogP contribution in [0.25, 0.3) is 0 Å². The van der Waals surface area contributed by atoms with Gasteiger partial charge in [-0.05, 0) is 39.0 Å². The first kappa shape index (κ1) is 18.8. The van der Waals surface area contributed by atoms with Gasteiger partial charge in [-0.25, -0.2) is 4.79 Å². The molecule has 128 valence electrons. The van der Waals surface area contributed by atoms with E-state index in [0.717, 1.165) is 0 Å². The predicted molar refractivity (Wildman–Crippen MR) is 80.6 cm³/mol. The van der Waals surface area contributed by atoms with Gasteiger partial charge in [0.1, 0.15) is 0 Å². The van der Waals surface area contributed by atoms with E-state index in [4.69, 9.17) is 4.74 Å². The third kappa shape index (κ3) is 4.87. The highest BCUT2D eigenvalue weighted by Gasteiger charge is 2.38. The number of amides is 1. The molecule has 1 rings (SSSR count). The molecule has 0 bridgehead atoms. The molecule has 1 N–H and O–H groups in total. The van der Waals surface area contributed by atoms with Gasteiger partial charge in [-0.1, -0.05) is 0 Å². The fourth-order valence-corrected chi connectivity index (χ4v) is 2.03. The summed E-state index contributed by atoms with van der Waals surface area (Å²) in [5.41, 5.74) is 0.528. The van der Waals surface area contributed by atoms with Crippen molar-refractivity contribution in [2.24, 2.45) is 0 Å². The maximum Gasteiger partial charge on any atom is 0.471 e. The van der Waals surface area contributed by atoms with Crippen molar-refractivity contribution in [2.75, 3.05) is 29.9 Å². The number of halogens is 3. The van der Waals surface area contributed by atoms with E-state index in [9.17, 15) is 22.8 Å². The molecule has 0 spiro atoms. The maximum absolute atomic E-state index is 12.3. The van der Waals surface area contributed by atoms with E-state index in [1.165, 1.54) is 18.2 Å². The lowest BCUT2D eigenvalue weighted by atomic mass is 10.1. The number of hydrogen-bond donors (Lipinski definition) is 1. The average Bonchev–Trinajstić information content (AvgIpc) is 2.48. The van der Waals surface area contributed by atoms with Crippen LogP contribution in [0.2, 0.25) is 0 Å². The molecule has 23 heavy (non-hydrogen) atoms. The Hall–Kier alpha value is -2.25. The van der Waals surface area contributed by atoms with Gasteiger partial charge in [0.25, 0.3) is 0 Å². The number of benzene rings is 1. The van der Waals surface area contributed by atoms with Crippen molar-refractivity contribution >= 4 is 23.3 Å². The zero-order chi connectivity index (χ0) is 17.6. The number of rotatable bonds is 6. The molecule has 8 heteroatoms. The summed E-state index contributed by atoms with van der Waals surface area (Å²) in [6.07, 6.45) is -5.00. The van der Waals surface area contributed by atoms with Crippen LogP contribution < -0.4 is 10.2 Å². The quantitative estimate of drug-likeness (QED) is 0.813. The SMILES string of the molecule is CCOC(=O)c1cc(NC(=O)C(F)(F)F)ccc1N(CC)CC. The van der Waals surface area contributed by atoms with Crippen molar-refractivity contribution in [1.82, 2.24) is 0 Å². The molecule has 0 radical (unpaired) electrons. The van der Waals surface area contributed by atoms with E-state index >= 15 is 0 Å². The van der Waals surface area contributed by atoms with Crippen LogP contribution in [0.1, 0.15) is 31.1 Å². The Morgan fingerprint density at radius 2 is 1.78 bits per heavy atom. The molecule has 1 amide bonds. The normalized spacial score (nSPS) is 11.0. The van der Waals surface area contributed by atoms with Crippen LogP contribution in [0.4, 0.5) is 24.5 Å². The van der Waals surface area contributed by atoms with Gasteiger partial charge in [0.2, 0.25) is 0 Å². The van der Waals surface area contributed by atoms with E-state index < -0.39 is 18.1 Å². The molecule has 0 saturated heterocycles. The number of nitrogens with zero attached hydrogens (tertiary/aromatic N) is 1. The molecule has 0 aliphatic heterocycles. The summed E-state index contributed by atoms with van der Waals surface area (Å²) in [4.78, 5) is 24.9. The van der Waals surface area contributed by atoms with Crippen molar-refractivity contribution in [3.05, 3.63) is 23.8 Å². The van der Waals surface area contributed by atoms with E-state index in [-0.39, 0.29) is 17.9 Å². The molecule has 0 aliphatic rings. The summed E-state index contributed by atoms with van der Waals surface area (Å²) in [6, 6.07) is 4.00. The summed E-state index contributed by atoms with van der Waals surface area (Å²) >= 11 is 0. The third-order valence-electron chi connectivity index (χ3n) is 3.11. The van der Waals surface area contributed by atoms with Crippen molar-refractivity contribution in [3.8, 4) is 0 Å². The summed E-state index contributed by atoms with van der Waals surface area (Å²) in [5.74, 6) is -2.75. The average molecular weight is 332 g/mol. The third-order valence-corrected chi connectivity index (χ3v) is 3.11. The fraction of sp³-hybridized carbons (Fsp3) is 0.467. The second-order valence-electron chi connectivity index (χ2n) is 4.58. The van der Waals surface area contributed by atoms with E-state index in [0.29, 0.717) is 18.8 Å². The smallest absolute Gasteiger partial charge is 0.462 e. The predicted octanol–water partition coefficient (Wildman–Crippen LogP) is 3.21. The molecule has 1 aromatic carbocycles. The molecule has 0 fully saturated rings. The minimum absolute atomic E-state index is 0.107. The highest BCUT2D eigenvalue weighted by atomic mass is 19.4. The fourth-order valence-electron chi connectivity index (χ4n) is 2.03. The maximum atomic E-state index is 12.3. The summed E-state index contributed by atoms with van der Waals surface area (Å²) in [6.45, 7) is 6.75. The number of nitrogens with one attached hydrogen (secondary N) is 1. The zero-order valence-electron chi connectivity index (χ0n) is 13.2. The van der Waals surface area contributed by atoms with Gasteiger partial charge in [0.05, 0.1) is 17.9 Å². The first-order valence-corrected chi connectivity index (χ1v) is 7.18. The molecular weight excluding hydrogens is 313 g/mol. The lowest BCUT2D eigenvalue weighted by molar-refractivity contribution is -0.167. The van der Waals surface area contributed by atoms with Gasteiger partial charge in [-0.2, -0.15) is 13.2 Å². The number of hydrogen-bond acceptors (Lipinski definition) is 4. The highest BCUT2D eigenvalue weighted by molar-refractivity contribution is 6.00. The summed E-state index contributed by atoms with van der Waals surface area (Å²) in [5, 5.41) is 1.73. The highest BCUT2D eigenvalue weighted by Crippen LogP contribution is 2.26. The van der Waals surface area contributed by atoms with Gasteiger partial charge in [0.15, 0.2) is 0 Å². The van der Waals surface area contributed by atoms with Crippen molar-refractivity contribution < 1.29 is 27.5 Å². The van der Waals surface area contributed by atoms with E-state index in [1.807, 2.05) is 18.7 Å². The first-order chi connectivity index (χ1) is 10.7. The molecule has 0 unspecified atom stereocenters. The van der Waals surface area contributed by atoms with Crippen molar-refractivity contribution in [2.45, 2.75) is 26.9 Å². The molecule has 0 atom stereocenters. The van der Waals surface area contributed by atoms with E-state index in [2.05, 4.69) is 0 Å². The molecule has 5 nitrogen and oxygen atoms in total. The van der Waals surface area contributed by atoms with Crippen molar-refractivity contribution in [1.29, 1.82) is 0 Å². The number of esters is 1. The Balaban J connectivity index is 3.21. The molecular formula is C15H19F3N2O3. The monoisotopic (exact) mass is 332 g/mol. The molecule has 0 aromatic heterocycles. The summed E-state index contributed by atoms with van der Waals surface area (Å²) < 4.78 is 41.9. The molecule has 0 aliphatic carbocycles. The minimum Gasteiger partial charge on any atom is -0.462 e. The number of carbonyl (C=O) groups is 2. The van der Waals surface area contributed by atoms with Crippen LogP contribution in [0.15, 0.2) is 18.2 Å². The van der Waals surface area contributed by atoms with Gasteiger partial charge in [-0.15, -0.1) is 0 Å². The topological polar surface area (TPSA) is 58.6 Å². The van der Waals surface area contributed by atoms with Crippen LogP contribution in [0.5, 0.6) is 0 Å². The van der Waals surface area contributed by atoms with Crippen LogP contribution in [0.3, 0.4) is 0 Å². The van der Waals surface area contributed by atoms with Crippen LogP contribution in [-0.4, -0.2) is 37.7 Å². The largest absolute Gasteiger partial charge is 0.471 e. The molecule has 0 heterocycles. The van der Waals surface area contributed by atoms with Crippen LogP contribution >= 0.6 is 0 Å². The minimum atomic E-state index is -5.00. The molecule has 0 saturated carbocycles. The summed E-state index contributed by atoms with van der Waals surface area (Å²) in [7, 11) is 0.